The van der Waals surface area contributed by atoms with Gasteiger partial charge in [0.1, 0.15) is 11.5 Å². The van der Waals surface area contributed by atoms with Crippen molar-refractivity contribution in [3.05, 3.63) is 101 Å². The normalized spacial score (nSPS) is 17.9. The minimum absolute atomic E-state index is 0.166. The maximum atomic E-state index is 13.4. The summed E-state index contributed by atoms with van der Waals surface area (Å²) in [5, 5.41) is 3.19. The first-order valence-electron chi connectivity index (χ1n) is 14.2. The van der Waals surface area contributed by atoms with Crippen molar-refractivity contribution in [3.63, 3.8) is 0 Å². The van der Waals surface area contributed by atoms with E-state index in [9.17, 15) is 4.79 Å². The summed E-state index contributed by atoms with van der Waals surface area (Å²) in [6.45, 7) is 0.485. The molecule has 3 aliphatic rings. The number of hydrogen-bond donors (Lipinski definition) is 2. The molecule has 8 heteroatoms. The predicted molar refractivity (Wildman–Crippen MR) is 154 cm³/mol. The van der Waals surface area contributed by atoms with Crippen LogP contribution in [0.1, 0.15) is 78.4 Å². The van der Waals surface area contributed by atoms with Gasteiger partial charge in [-0.2, -0.15) is 0 Å². The first-order valence-corrected chi connectivity index (χ1v) is 14.2. The number of guanidine groups is 1. The molecule has 3 N–H and O–H groups in total. The molecule has 6 rings (SSSR count). The monoisotopic (exact) mass is 537 g/mol. The van der Waals surface area contributed by atoms with E-state index >= 15 is 0 Å². The maximum Gasteiger partial charge on any atom is 0.273 e. The molecule has 2 heterocycles. The second kappa shape index (κ2) is 11.8. The van der Waals surface area contributed by atoms with Crippen molar-refractivity contribution < 1.29 is 13.9 Å². The summed E-state index contributed by atoms with van der Waals surface area (Å²) in [6, 6.07) is 15.8. The van der Waals surface area contributed by atoms with Crippen LogP contribution in [-0.2, 0) is 13.0 Å². The fourth-order valence-corrected chi connectivity index (χ4v) is 5.73. The first-order chi connectivity index (χ1) is 19.6. The summed E-state index contributed by atoms with van der Waals surface area (Å²) in [4.78, 5) is 24.5. The summed E-state index contributed by atoms with van der Waals surface area (Å²) in [6.07, 6.45) is 15.6. The number of carbonyl (C=O) groups is 1. The molecule has 2 aliphatic carbocycles. The summed E-state index contributed by atoms with van der Waals surface area (Å²) in [5.41, 5.74) is 9.77. The molecule has 0 saturated heterocycles. The zero-order chi connectivity index (χ0) is 27.3. The van der Waals surface area contributed by atoms with E-state index in [1.807, 2.05) is 47.4 Å². The minimum Gasteiger partial charge on any atom is -0.458 e. The van der Waals surface area contributed by atoms with Crippen molar-refractivity contribution in [2.45, 2.75) is 70.0 Å². The summed E-state index contributed by atoms with van der Waals surface area (Å²) >= 11 is 0. The number of ether oxygens (including phenoxy) is 1. The second-order valence-electron chi connectivity index (χ2n) is 10.7. The molecular formula is C32H35N5O3. The molecule has 0 spiro atoms. The van der Waals surface area contributed by atoms with Crippen molar-refractivity contribution in [2.24, 2.45) is 10.7 Å². The van der Waals surface area contributed by atoms with Crippen molar-refractivity contribution in [1.82, 2.24) is 15.2 Å². The van der Waals surface area contributed by atoms with Crippen LogP contribution < -0.4 is 15.8 Å². The third-order valence-electron chi connectivity index (χ3n) is 7.82. The highest BCUT2D eigenvalue weighted by molar-refractivity contribution is 5.94. The molecule has 1 amide bonds. The predicted octanol–water partition coefficient (Wildman–Crippen LogP) is 6.10. The fraction of sp³-hybridized carbons (Fsp3) is 0.344. The molecule has 40 heavy (non-hydrogen) atoms. The van der Waals surface area contributed by atoms with Crippen molar-refractivity contribution in [1.29, 1.82) is 0 Å². The Morgan fingerprint density at radius 3 is 2.77 bits per heavy atom. The largest absolute Gasteiger partial charge is 0.458 e. The van der Waals surface area contributed by atoms with Crippen LogP contribution in [0, 0.1) is 0 Å². The maximum absolute atomic E-state index is 13.4. The molecule has 8 nitrogen and oxygen atoms in total. The van der Waals surface area contributed by atoms with Crippen LogP contribution in [0.4, 0.5) is 5.69 Å². The average Bonchev–Trinajstić information content (AvgIpc) is 3.48. The number of nitrogens with one attached hydrogen (secondary N) is 1. The highest BCUT2D eigenvalue weighted by atomic mass is 16.5. The van der Waals surface area contributed by atoms with Crippen LogP contribution in [0.5, 0.6) is 5.75 Å². The van der Waals surface area contributed by atoms with Gasteiger partial charge in [0.15, 0.2) is 23.8 Å². The van der Waals surface area contributed by atoms with Crippen molar-refractivity contribution in [2.75, 3.05) is 0 Å². The van der Waals surface area contributed by atoms with Crippen molar-refractivity contribution >= 4 is 17.6 Å². The lowest BCUT2D eigenvalue weighted by Gasteiger charge is -2.35. The lowest BCUT2D eigenvalue weighted by Crippen LogP contribution is -2.43. The van der Waals surface area contributed by atoms with Crippen LogP contribution in [0.2, 0.25) is 0 Å². The Bertz CT molecular complexity index is 1440. The number of aliphatic imine (C=N–C) groups is 1. The van der Waals surface area contributed by atoms with Crippen LogP contribution in [0.25, 0.3) is 0 Å². The zero-order valence-corrected chi connectivity index (χ0v) is 22.6. The molecule has 1 saturated carbocycles. The van der Waals surface area contributed by atoms with Gasteiger partial charge in [0, 0.05) is 24.6 Å². The highest BCUT2D eigenvalue weighted by Crippen LogP contribution is 2.36. The summed E-state index contributed by atoms with van der Waals surface area (Å²) < 4.78 is 12.1. The van der Waals surface area contributed by atoms with Gasteiger partial charge < -0.3 is 25.1 Å². The van der Waals surface area contributed by atoms with Crippen LogP contribution >= 0.6 is 0 Å². The number of amides is 1. The van der Waals surface area contributed by atoms with Gasteiger partial charge in [-0.1, -0.05) is 55.7 Å². The molecule has 2 aromatic carbocycles. The van der Waals surface area contributed by atoms with Crippen LogP contribution in [-0.4, -0.2) is 27.8 Å². The average molecular weight is 538 g/mol. The van der Waals surface area contributed by atoms with Gasteiger partial charge in [-0.25, -0.2) is 9.98 Å². The Hall–Kier alpha value is -4.33. The number of nitrogens with two attached hydrogens (primary N) is 1. The van der Waals surface area contributed by atoms with Gasteiger partial charge in [0.25, 0.3) is 5.91 Å². The molecular weight excluding hydrogens is 502 g/mol. The fourth-order valence-electron chi connectivity index (χ4n) is 5.73. The van der Waals surface area contributed by atoms with E-state index in [1.54, 1.807) is 0 Å². The highest BCUT2D eigenvalue weighted by Gasteiger charge is 2.34. The van der Waals surface area contributed by atoms with Crippen LogP contribution in [0.15, 0.2) is 88.3 Å². The van der Waals surface area contributed by atoms with Gasteiger partial charge in [-0.15, -0.1) is 0 Å². The van der Waals surface area contributed by atoms with Gasteiger partial charge in [0.2, 0.25) is 0 Å². The molecule has 3 aromatic rings. The lowest BCUT2D eigenvalue weighted by molar-refractivity contribution is 0.0918. The Kier molecular flexibility index (Phi) is 7.66. The number of carbonyl (C=O) groups excluding carboxylic acids is 1. The van der Waals surface area contributed by atoms with E-state index in [0.29, 0.717) is 30.4 Å². The summed E-state index contributed by atoms with van der Waals surface area (Å²) in [7, 11) is 0. The standard InChI is InChI=1S/C32H35N5O3/c33-32-36-27-17-16-26(40-25-14-8-3-9-15-25)19-23(27)20-37(32)28(18-22-10-4-1-5-11-22)30-29(34-21-39-30)31(38)35-24-12-6-2-7-13-24/h1,4-5,8,10-11,14-17,19,21,24,28H,2-3,6-7,9,12-13,18,20H2,(H2,33,36)(H,35,38). The van der Waals surface area contributed by atoms with Crippen LogP contribution in [0.3, 0.4) is 0 Å². The molecule has 0 radical (unpaired) electrons. The molecule has 1 aliphatic heterocycles. The third-order valence-corrected chi connectivity index (χ3v) is 7.82. The van der Waals surface area contributed by atoms with E-state index < -0.39 is 0 Å². The topological polar surface area (TPSA) is 106 Å². The minimum atomic E-state index is -0.387. The van der Waals surface area contributed by atoms with E-state index in [1.165, 1.54) is 12.8 Å². The Balaban J connectivity index is 1.30. The third kappa shape index (κ3) is 5.81. The van der Waals surface area contributed by atoms with E-state index in [4.69, 9.17) is 19.9 Å². The first kappa shape index (κ1) is 25.9. The Morgan fingerprint density at radius 2 is 1.98 bits per heavy atom. The molecule has 0 bridgehead atoms. The zero-order valence-electron chi connectivity index (χ0n) is 22.6. The van der Waals surface area contributed by atoms with Gasteiger partial charge in [0.05, 0.1) is 11.7 Å². The van der Waals surface area contributed by atoms with E-state index in [2.05, 4.69) is 34.6 Å². The van der Waals surface area contributed by atoms with Crippen molar-refractivity contribution in [3.8, 4) is 5.75 Å². The van der Waals surface area contributed by atoms with Gasteiger partial charge in [-0.05, 0) is 61.6 Å². The quantitative estimate of drug-likeness (QED) is 0.360. The second-order valence-corrected chi connectivity index (χ2v) is 10.7. The SMILES string of the molecule is NC1=Nc2ccc(OC3=CCCC=C3)cc2CN1C(Cc1ccccc1)c1ocnc1C(=O)NC1CCCCC1. The number of rotatable bonds is 8. The smallest absolute Gasteiger partial charge is 0.273 e. The number of oxazole rings is 1. The van der Waals surface area contributed by atoms with Gasteiger partial charge >= 0.3 is 0 Å². The number of allylic oxidation sites excluding steroid dienone is 3. The van der Waals surface area contributed by atoms with Gasteiger partial charge in [-0.3, -0.25) is 4.79 Å². The molecule has 1 fully saturated rings. The van der Waals surface area contributed by atoms with E-state index in [0.717, 1.165) is 66.8 Å². The Labute approximate surface area is 234 Å². The number of aromatic nitrogens is 1. The van der Waals surface area contributed by atoms with E-state index in [-0.39, 0.29) is 18.0 Å². The number of benzene rings is 2. The summed E-state index contributed by atoms with van der Waals surface area (Å²) in [5.74, 6) is 2.25. The number of hydrogen-bond acceptors (Lipinski definition) is 7. The number of nitrogens with zero attached hydrogens (tertiary/aromatic N) is 3. The Morgan fingerprint density at radius 1 is 1.12 bits per heavy atom. The lowest BCUT2D eigenvalue weighted by atomic mass is 9.95. The molecule has 206 valence electrons. The molecule has 1 atom stereocenters. The molecule has 1 unspecified atom stereocenters. The molecule has 1 aromatic heterocycles. The number of fused-ring (bicyclic) bond motifs is 1.